The van der Waals surface area contributed by atoms with Crippen molar-refractivity contribution in [3.63, 3.8) is 0 Å². The van der Waals surface area contributed by atoms with E-state index < -0.39 is 0 Å². The molecule has 0 N–H and O–H groups in total. The maximum atomic E-state index is 5.62. The van der Waals surface area contributed by atoms with Crippen LogP contribution < -0.4 is 0 Å². The van der Waals surface area contributed by atoms with Crippen LogP contribution in [0.5, 0.6) is 0 Å². The van der Waals surface area contributed by atoms with Crippen LogP contribution in [-0.4, -0.2) is 0 Å². The molecular formula is C12H10O2. The van der Waals surface area contributed by atoms with Gasteiger partial charge in [0.1, 0.15) is 16.9 Å². The lowest BCUT2D eigenvalue weighted by Gasteiger charge is -1.95. The molecule has 0 atom stereocenters. The molecule has 3 aromatic rings. The lowest BCUT2D eigenvalue weighted by Crippen LogP contribution is -1.74. The largest absolute Gasteiger partial charge is 0.464 e. The molecule has 2 heterocycles. The molecule has 0 unspecified atom stereocenters. The van der Waals surface area contributed by atoms with E-state index in [2.05, 4.69) is 12.1 Å². The highest BCUT2D eigenvalue weighted by molar-refractivity contribution is 5.97. The Hall–Kier alpha value is -1.70. The summed E-state index contributed by atoms with van der Waals surface area (Å²) in [4.78, 5) is 0. The molecule has 0 amide bonds. The van der Waals surface area contributed by atoms with Crippen LogP contribution in [0, 0.1) is 13.8 Å². The molecule has 0 aliphatic rings. The van der Waals surface area contributed by atoms with Gasteiger partial charge in [-0.25, -0.2) is 0 Å². The van der Waals surface area contributed by atoms with E-state index in [4.69, 9.17) is 8.83 Å². The molecule has 2 heteroatoms. The zero-order chi connectivity index (χ0) is 9.71. The second-order valence-corrected chi connectivity index (χ2v) is 3.62. The number of aryl methyl sites for hydroxylation is 2. The molecule has 70 valence electrons. The molecule has 14 heavy (non-hydrogen) atoms. The summed E-state index contributed by atoms with van der Waals surface area (Å²) in [6, 6.07) is 6.12. The second kappa shape index (κ2) is 2.41. The number of furan rings is 2. The van der Waals surface area contributed by atoms with Crippen molar-refractivity contribution in [3.8, 4) is 0 Å². The fourth-order valence-corrected chi connectivity index (χ4v) is 1.94. The minimum absolute atomic E-state index is 0.923. The summed E-state index contributed by atoms with van der Waals surface area (Å²) in [6.07, 6.45) is 1.71. The minimum Gasteiger partial charge on any atom is -0.464 e. The first-order valence-electron chi connectivity index (χ1n) is 4.62. The van der Waals surface area contributed by atoms with Gasteiger partial charge in [0, 0.05) is 16.3 Å². The van der Waals surface area contributed by atoms with E-state index in [1.54, 1.807) is 6.26 Å². The lowest BCUT2D eigenvalue weighted by atomic mass is 10.1. The Balaban J connectivity index is 2.61. The van der Waals surface area contributed by atoms with Gasteiger partial charge in [-0.05, 0) is 32.0 Å². The maximum Gasteiger partial charge on any atom is 0.140 e. The van der Waals surface area contributed by atoms with Crippen LogP contribution in [0.4, 0.5) is 0 Å². The summed E-state index contributed by atoms with van der Waals surface area (Å²) in [5, 5.41) is 2.28. The van der Waals surface area contributed by atoms with Gasteiger partial charge in [0.2, 0.25) is 0 Å². The van der Waals surface area contributed by atoms with E-state index in [9.17, 15) is 0 Å². The van der Waals surface area contributed by atoms with Crippen molar-refractivity contribution in [1.29, 1.82) is 0 Å². The number of fused-ring (bicyclic) bond motifs is 2. The average Bonchev–Trinajstić information content (AvgIpc) is 2.71. The molecule has 2 nitrogen and oxygen atoms in total. The zero-order valence-electron chi connectivity index (χ0n) is 8.13. The second-order valence-electron chi connectivity index (χ2n) is 3.62. The van der Waals surface area contributed by atoms with E-state index in [0.29, 0.717) is 0 Å². The van der Waals surface area contributed by atoms with E-state index in [1.807, 2.05) is 19.9 Å². The Morgan fingerprint density at radius 1 is 1.00 bits per heavy atom. The number of hydrogen-bond donors (Lipinski definition) is 0. The third kappa shape index (κ3) is 0.854. The van der Waals surface area contributed by atoms with Crippen molar-refractivity contribution in [3.05, 3.63) is 35.8 Å². The van der Waals surface area contributed by atoms with Crippen molar-refractivity contribution < 1.29 is 8.83 Å². The molecule has 1 aromatic carbocycles. The van der Waals surface area contributed by atoms with Gasteiger partial charge in [-0.2, -0.15) is 0 Å². The van der Waals surface area contributed by atoms with Crippen LogP contribution in [0.3, 0.4) is 0 Å². The molecule has 0 aliphatic heterocycles. The molecule has 0 saturated heterocycles. The molecule has 0 fully saturated rings. The van der Waals surface area contributed by atoms with Crippen molar-refractivity contribution in [2.45, 2.75) is 13.8 Å². The predicted molar refractivity (Wildman–Crippen MR) is 55.5 cm³/mol. The van der Waals surface area contributed by atoms with Crippen molar-refractivity contribution in [1.82, 2.24) is 0 Å². The van der Waals surface area contributed by atoms with Crippen molar-refractivity contribution >= 4 is 21.9 Å². The third-order valence-electron chi connectivity index (χ3n) is 2.57. The zero-order valence-corrected chi connectivity index (χ0v) is 8.13. The highest BCUT2D eigenvalue weighted by atomic mass is 16.3. The lowest BCUT2D eigenvalue weighted by molar-refractivity contribution is 0.573. The van der Waals surface area contributed by atoms with Crippen LogP contribution in [0.1, 0.15) is 11.3 Å². The van der Waals surface area contributed by atoms with Crippen LogP contribution in [0.25, 0.3) is 21.9 Å². The molecule has 2 aromatic heterocycles. The van der Waals surface area contributed by atoms with E-state index in [1.165, 1.54) is 0 Å². The molecule has 0 aliphatic carbocycles. The van der Waals surface area contributed by atoms with E-state index in [-0.39, 0.29) is 0 Å². The third-order valence-corrected chi connectivity index (χ3v) is 2.57. The summed E-state index contributed by atoms with van der Waals surface area (Å²) in [5.74, 6) is 0.941. The Morgan fingerprint density at radius 3 is 2.71 bits per heavy atom. The van der Waals surface area contributed by atoms with Gasteiger partial charge >= 0.3 is 0 Å². The van der Waals surface area contributed by atoms with Crippen LogP contribution in [0.15, 0.2) is 33.3 Å². The first kappa shape index (κ1) is 7.68. The minimum atomic E-state index is 0.923. The van der Waals surface area contributed by atoms with Gasteiger partial charge < -0.3 is 8.83 Å². The molecule has 3 rings (SSSR count). The van der Waals surface area contributed by atoms with E-state index >= 15 is 0 Å². The highest BCUT2D eigenvalue weighted by Gasteiger charge is 2.09. The van der Waals surface area contributed by atoms with Gasteiger partial charge in [0.25, 0.3) is 0 Å². The van der Waals surface area contributed by atoms with Crippen LogP contribution >= 0.6 is 0 Å². The summed E-state index contributed by atoms with van der Waals surface area (Å²) in [6.45, 7) is 3.98. The first-order chi connectivity index (χ1) is 6.75. The first-order valence-corrected chi connectivity index (χ1v) is 4.62. The summed E-state index contributed by atoms with van der Waals surface area (Å²) in [5.41, 5.74) is 2.94. The standard InChI is InChI=1S/C12H10O2/c1-7-5-10-6-9-3-4-13-11(9)8(2)12(10)14-7/h3-6H,1-2H3. The smallest absolute Gasteiger partial charge is 0.140 e. The number of hydrogen-bond acceptors (Lipinski definition) is 2. The Morgan fingerprint density at radius 2 is 1.86 bits per heavy atom. The Kier molecular flexibility index (Phi) is 1.32. The molecule has 0 spiro atoms. The van der Waals surface area contributed by atoms with Gasteiger partial charge in [0.15, 0.2) is 0 Å². The van der Waals surface area contributed by atoms with E-state index in [0.717, 1.165) is 33.3 Å². The SMILES string of the molecule is Cc1cc2cc3ccoc3c(C)c2o1. The van der Waals surface area contributed by atoms with Crippen LogP contribution in [0.2, 0.25) is 0 Å². The fourth-order valence-electron chi connectivity index (χ4n) is 1.94. The predicted octanol–water partition coefficient (Wildman–Crippen LogP) is 3.80. The van der Waals surface area contributed by atoms with Gasteiger partial charge in [-0.1, -0.05) is 0 Å². The van der Waals surface area contributed by atoms with Crippen molar-refractivity contribution in [2.75, 3.05) is 0 Å². The maximum absolute atomic E-state index is 5.62. The Labute approximate surface area is 81.1 Å². The molecular weight excluding hydrogens is 176 g/mol. The average molecular weight is 186 g/mol. The number of rotatable bonds is 0. The summed E-state index contributed by atoms with van der Waals surface area (Å²) in [7, 11) is 0. The molecule has 0 radical (unpaired) electrons. The van der Waals surface area contributed by atoms with Gasteiger partial charge in [0.05, 0.1) is 6.26 Å². The monoisotopic (exact) mass is 186 g/mol. The summed E-state index contributed by atoms with van der Waals surface area (Å²) >= 11 is 0. The normalized spacial score (nSPS) is 11.6. The van der Waals surface area contributed by atoms with Crippen LogP contribution in [-0.2, 0) is 0 Å². The van der Waals surface area contributed by atoms with Crippen molar-refractivity contribution in [2.24, 2.45) is 0 Å². The molecule has 0 saturated carbocycles. The summed E-state index contributed by atoms with van der Waals surface area (Å²) < 4.78 is 11.0. The quantitative estimate of drug-likeness (QED) is 0.533. The topological polar surface area (TPSA) is 26.3 Å². The van der Waals surface area contributed by atoms with Gasteiger partial charge in [-0.15, -0.1) is 0 Å². The number of benzene rings is 1. The fraction of sp³-hybridized carbons (Fsp3) is 0.167. The van der Waals surface area contributed by atoms with Gasteiger partial charge in [-0.3, -0.25) is 0 Å². The molecule has 0 bridgehead atoms. The Bertz CT molecular complexity index is 614. The highest BCUT2D eigenvalue weighted by Crippen LogP contribution is 2.30.